The average Bonchev–Trinajstić information content (AvgIpc) is 2.71. The molecule has 0 aliphatic carbocycles. The van der Waals surface area contributed by atoms with Crippen molar-refractivity contribution in [2.45, 2.75) is 43.9 Å². The van der Waals surface area contributed by atoms with Gasteiger partial charge in [-0.3, -0.25) is 9.69 Å². The van der Waals surface area contributed by atoms with Crippen molar-refractivity contribution in [3.05, 3.63) is 29.6 Å². The van der Waals surface area contributed by atoms with Crippen LogP contribution in [0.25, 0.3) is 0 Å². The lowest BCUT2D eigenvalue weighted by Crippen LogP contribution is -2.47. The Kier molecular flexibility index (Phi) is 4.22. The highest BCUT2D eigenvalue weighted by Crippen LogP contribution is 2.37. The number of hydrogen-bond donors (Lipinski definition) is 1. The molecule has 2 heterocycles. The zero-order valence-corrected chi connectivity index (χ0v) is 11.9. The van der Waals surface area contributed by atoms with E-state index < -0.39 is 5.82 Å². The molecule has 1 N–H and O–H groups in total. The monoisotopic (exact) mass is 293 g/mol. The van der Waals surface area contributed by atoms with Gasteiger partial charge >= 0.3 is 0 Å². The molecule has 4 nitrogen and oxygen atoms in total. The summed E-state index contributed by atoms with van der Waals surface area (Å²) in [6.07, 6.45) is 4.68. The fourth-order valence-corrected chi connectivity index (χ4v) is 3.69. The zero-order chi connectivity index (χ0) is 14.8. The lowest BCUT2D eigenvalue weighted by atomic mass is 9.99. The number of hydrogen-bond acceptors (Lipinski definition) is 4. The lowest BCUT2D eigenvalue weighted by Gasteiger charge is -2.38. The summed E-state index contributed by atoms with van der Waals surface area (Å²) < 4.78 is 19.2. The Morgan fingerprint density at radius 1 is 1.33 bits per heavy atom. The minimum absolute atomic E-state index is 0.0120. The van der Waals surface area contributed by atoms with Crippen LogP contribution in [0.4, 0.5) is 4.39 Å². The van der Waals surface area contributed by atoms with Crippen LogP contribution < -0.4 is 4.74 Å². The molecule has 114 valence electrons. The van der Waals surface area contributed by atoms with Gasteiger partial charge < -0.3 is 9.84 Å². The van der Waals surface area contributed by atoms with Gasteiger partial charge in [0.25, 0.3) is 0 Å². The number of piperidine rings is 1. The minimum Gasteiger partial charge on any atom is -0.489 e. The minimum atomic E-state index is -0.392. The molecule has 1 aromatic carbocycles. The molecule has 2 saturated heterocycles. The molecule has 2 aliphatic rings. The van der Waals surface area contributed by atoms with Crippen molar-refractivity contribution in [1.29, 1.82) is 0 Å². The van der Waals surface area contributed by atoms with E-state index in [9.17, 15) is 9.18 Å². The third-order valence-corrected chi connectivity index (χ3v) is 4.60. The van der Waals surface area contributed by atoms with Crippen molar-refractivity contribution in [3.8, 4) is 5.75 Å². The van der Waals surface area contributed by atoms with Crippen molar-refractivity contribution >= 4 is 6.29 Å². The summed E-state index contributed by atoms with van der Waals surface area (Å²) in [4.78, 5) is 13.4. The number of fused-ring (bicyclic) bond motifs is 2. The van der Waals surface area contributed by atoms with Crippen LogP contribution >= 0.6 is 0 Å². The Balaban J connectivity index is 1.70. The van der Waals surface area contributed by atoms with E-state index in [0.29, 0.717) is 36.2 Å². The highest BCUT2D eigenvalue weighted by molar-refractivity contribution is 5.79. The van der Waals surface area contributed by atoms with Gasteiger partial charge in [-0.15, -0.1) is 0 Å². The molecule has 5 heteroatoms. The van der Waals surface area contributed by atoms with Gasteiger partial charge in [0.1, 0.15) is 17.7 Å². The first-order chi connectivity index (χ1) is 10.2. The summed E-state index contributed by atoms with van der Waals surface area (Å²) in [5.74, 6) is -0.0544. The molecule has 0 saturated carbocycles. The van der Waals surface area contributed by atoms with E-state index in [0.717, 1.165) is 25.7 Å². The number of benzene rings is 1. The molecule has 0 radical (unpaired) electrons. The van der Waals surface area contributed by atoms with Gasteiger partial charge in [-0.05, 0) is 37.8 Å². The van der Waals surface area contributed by atoms with Crippen LogP contribution in [0.2, 0.25) is 0 Å². The number of aliphatic hydroxyl groups is 1. The van der Waals surface area contributed by atoms with Gasteiger partial charge in [-0.2, -0.15) is 0 Å². The Bertz CT molecular complexity index is 508. The largest absolute Gasteiger partial charge is 0.489 e. The van der Waals surface area contributed by atoms with E-state index in [-0.39, 0.29) is 12.7 Å². The molecule has 0 aromatic heterocycles. The Hall–Kier alpha value is -1.46. The molecule has 2 aliphatic heterocycles. The first-order valence-electron chi connectivity index (χ1n) is 7.49. The number of ether oxygens (including phenoxy) is 1. The summed E-state index contributed by atoms with van der Waals surface area (Å²) in [6.45, 7) is 0.888. The van der Waals surface area contributed by atoms with E-state index in [2.05, 4.69) is 4.90 Å². The lowest BCUT2D eigenvalue weighted by molar-refractivity contribution is 0.0387. The van der Waals surface area contributed by atoms with E-state index in [1.807, 2.05) is 0 Å². The number of aldehydes is 1. The highest BCUT2D eigenvalue weighted by Gasteiger charge is 2.41. The van der Waals surface area contributed by atoms with Gasteiger partial charge in [-0.1, -0.05) is 0 Å². The quantitative estimate of drug-likeness (QED) is 0.844. The smallest absolute Gasteiger partial charge is 0.153 e. The standard InChI is InChI=1S/C16H20FNO3/c17-12-2-1-11(10-20)16(7-12)21-15-8-13-3-4-14(9-15)18(13)5-6-19/h1-2,7,10,13-15,19H,3-6,8-9H2. The summed E-state index contributed by atoms with van der Waals surface area (Å²) in [5.41, 5.74) is 0.390. The predicted molar refractivity (Wildman–Crippen MR) is 76.0 cm³/mol. The summed E-state index contributed by atoms with van der Waals surface area (Å²) in [5, 5.41) is 9.13. The second kappa shape index (κ2) is 6.12. The van der Waals surface area contributed by atoms with E-state index in [1.54, 1.807) is 0 Å². The Labute approximate surface area is 123 Å². The van der Waals surface area contributed by atoms with Crippen LogP contribution in [0.15, 0.2) is 18.2 Å². The predicted octanol–water partition coefficient (Wildman–Crippen LogP) is 2.00. The van der Waals surface area contributed by atoms with Crippen molar-refractivity contribution in [1.82, 2.24) is 4.90 Å². The first-order valence-corrected chi connectivity index (χ1v) is 7.49. The fourth-order valence-electron chi connectivity index (χ4n) is 3.69. The Morgan fingerprint density at radius 3 is 2.67 bits per heavy atom. The zero-order valence-electron chi connectivity index (χ0n) is 11.9. The molecule has 3 rings (SSSR count). The third-order valence-electron chi connectivity index (χ3n) is 4.60. The molecule has 0 amide bonds. The van der Waals surface area contributed by atoms with Crippen molar-refractivity contribution in [2.75, 3.05) is 13.2 Å². The van der Waals surface area contributed by atoms with Crippen LogP contribution in [0.1, 0.15) is 36.0 Å². The molecule has 2 atom stereocenters. The number of halogens is 1. The number of nitrogens with zero attached hydrogens (tertiary/aromatic N) is 1. The maximum absolute atomic E-state index is 13.3. The number of aliphatic hydroxyl groups excluding tert-OH is 1. The fraction of sp³-hybridized carbons (Fsp3) is 0.562. The van der Waals surface area contributed by atoms with Crippen LogP contribution in [0, 0.1) is 5.82 Å². The maximum atomic E-state index is 13.3. The normalized spacial score (nSPS) is 28.6. The van der Waals surface area contributed by atoms with Gasteiger partial charge in [0.15, 0.2) is 6.29 Å². The van der Waals surface area contributed by atoms with Gasteiger partial charge in [0, 0.05) is 24.7 Å². The number of carbonyl (C=O) groups is 1. The van der Waals surface area contributed by atoms with Crippen molar-refractivity contribution in [2.24, 2.45) is 0 Å². The van der Waals surface area contributed by atoms with Crippen molar-refractivity contribution in [3.63, 3.8) is 0 Å². The van der Waals surface area contributed by atoms with Gasteiger partial charge in [-0.25, -0.2) is 4.39 Å². The molecule has 21 heavy (non-hydrogen) atoms. The summed E-state index contributed by atoms with van der Waals surface area (Å²) in [6, 6.07) is 4.85. The van der Waals surface area contributed by atoms with Crippen molar-refractivity contribution < 1.29 is 19.0 Å². The topological polar surface area (TPSA) is 49.8 Å². The molecular formula is C16H20FNO3. The number of carbonyl (C=O) groups excluding carboxylic acids is 1. The van der Waals surface area contributed by atoms with Crippen LogP contribution in [-0.2, 0) is 0 Å². The van der Waals surface area contributed by atoms with E-state index in [1.165, 1.54) is 18.2 Å². The molecule has 1 aromatic rings. The maximum Gasteiger partial charge on any atom is 0.153 e. The van der Waals surface area contributed by atoms with Crippen LogP contribution in [-0.4, -0.2) is 47.6 Å². The third kappa shape index (κ3) is 2.94. The van der Waals surface area contributed by atoms with Crippen LogP contribution in [0.3, 0.4) is 0 Å². The van der Waals surface area contributed by atoms with E-state index in [4.69, 9.17) is 9.84 Å². The second-order valence-electron chi connectivity index (χ2n) is 5.86. The van der Waals surface area contributed by atoms with Crippen LogP contribution in [0.5, 0.6) is 5.75 Å². The summed E-state index contributed by atoms with van der Waals surface area (Å²) >= 11 is 0. The van der Waals surface area contributed by atoms with Gasteiger partial charge in [0.05, 0.1) is 12.2 Å². The molecular weight excluding hydrogens is 273 g/mol. The molecule has 2 unspecified atom stereocenters. The molecule has 2 fully saturated rings. The first kappa shape index (κ1) is 14.5. The summed E-state index contributed by atoms with van der Waals surface area (Å²) in [7, 11) is 0. The SMILES string of the molecule is O=Cc1ccc(F)cc1OC1CC2CCC(C1)N2CCO. The molecule has 0 spiro atoms. The Morgan fingerprint density at radius 2 is 2.05 bits per heavy atom. The highest BCUT2D eigenvalue weighted by atomic mass is 19.1. The average molecular weight is 293 g/mol. The van der Waals surface area contributed by atoms with E-state index >= 15 is 0 Å². The number of rotatable bonds is 5. The second-order valence-corrected chi connectivity index (χ2v) is 5.86. The van der Waals surface area contributed by atoms with Gasteiger partial charge in [0.2, 0.25) is 0 Å². The molecule has 2 bridgehead atoms.